The summed E-state index contributed by atoms with van der Waals surface area (Å²) in [6.07, 6.45) is 8.33. The number of fused-ring (bicyclic) bond motifs is 1. The summed E-state index contributed by atoms with van der Waals surface area (Å²) >= 11 is 0. The topological polar surface area (TPSA) is 94.5 Å². The molecule has 3 aromatic heterocycles. The molecule has 2 atom stereocenters. The van der Waals surface area contributed by atoms with E-state index in [0.29, 0.717) is 12.0 Å². The van der Waals surface area contributed by atoms with Crippen molar-refractivity contribution in [2.75, 3.05) is 5.32 Å². The monoisotopic (exact) mass is 327 g/mol. The summed E-state index contributed by atoms with van der Waals surface area (Å²) in [5.74, 6) is 2.86. The largest absolute Gasteiger partial charge is 0.425 e. The highest BCUT2D eigenvalue weighted by atomic mass is 16.4. The lowest BCUT2D eigenvalue weighted by molar-refractivity contribution is 0.409. The number of imidazole rings is 1. The Morgan fingerprint density at radius 3 is 2.92 bits per heavy atom. The van der Waals surface area contributed by atoms with Gasteiger partial charge in [0.1, 0.15) is 11.8 Å². The van der Waals surface area contributed by atoms with Crippen LogP contribution in [0.4, 0.5) is 5.82 Å². The molecule has 0 spiro atoms. The summed E-state index contributed by atoms with van der Waals surface area (Å²) in [6, 6.07) is 0.392. The zero-order valence-corrected chi connectivity index (χ0v) is 13.9. The molecule has 4 rings (SSSR count). The molecule has 0 bridgehead atoms. The lowest BCUT2D eigenvalue weighted by Crippen LogP contribution is -2.17. The molecule has 24 heavy (non-hydrogen) atoms. The average Bonchev–Trinajstić information content (AvgIpc) is 3.30. The minimum absolute atomic E-state index is 0.392. The Labute approximate surface area is 139 Å². The minimum Gasteiger partial charge on any atom is -0.425 e. The Bertz CT molecular complexity index is 840. The van der Waals surface area contributed by atoms with Crippen molar-refractivity contribution in [3.8, 4) is 0 Å². The fourth-order valence-electron chi connectivity index (χ4n) is 3.40. The summed E-state index contributed by atoms with van der Waals surface area (Å²) in [4.78, 5) is 13.0. The molecule has 0 radical (unpaired) electrons. The number of nitrogens with one attached hydrogen (secondary N) is 1. The zero-order chi connectivity index (χ0) is 16.5. The number of hydrogen-bond donors (Lipinski definition) is 1. The van der Waals surface area contributed by atoms with Crippen LogP contribution in [-0.4, -0.2) is 35.8 Å². The number of rotatable bonds is 5. The smallest absolute Gasteiger partial charge is 0.216 e. The molecule has 0 aliphatic heterocycles. The second-order valence-corrected chi connectivity index (χ2v) is 6.42. The van der Waals surface area contributed by atoms with Crippen LogP contribution in [0.15, 0.2) is 17.1 Å². The maximum absolute atomic E-state index is 5.63. The average molecular weight is 327 g/mol. The van der Waals surface area contributed by atoms with Crippen LogP contribution in [0.3, 0.4) is 0 Å². The quantitative estimate of drug-likeness (QED) is 0.767. The van der Waals surface area contributed by atoms with E-state index in [2.05, 4.69) is 30.5 Å². The van der Waals surface area contributed by atoms with Gasteiger partial charge in [-0.05, 0) is 25.2 Å². The third kappa shape index (κ3) is 2.83. The Kier molecular flexibility index (Phi) is 3.87. The van der Waals surface area contributed by atoms with Gasteiger partial charge in [0.15, 0.2) is 11.5 Å². The second kappa shape index (κ2) is 6.18. The van der Waals surface area contributed by atoms with E-state index in [1.807, 2.05) is 18.5 Å². The van der Waals surface area contributed by atoms with E-state index in [1.54, 1.807) is 12.7 Å². The zero-order valence-electron chi connectivity index (χ0n) is 13.9. The maximum atomic E-state index is 5.63. The SMILES string of the molecule is CCc1nnc(C[C@@H]2CC[C@H](Nc3ncnc4c3ncn4C)C2)o1. The highest BCUT2D eigenvalue weighted by Crippen LogP contribution is 2.31. The first-order chi connectivity index (χ1) is 11.7. The van der Waals surface area contributed by atoms with Gasteiger partial charge in [0, 0.05) is 25.9 Å². The number of anilines is 1. The van der Waals surface area contributed by atoms with Gasteiger partial charge in [-0.1, -0.05) is 6.92 Å². The van der Waals surface area contributed by atoms with Crippen molar-refractivity contribution in [2.45, 2.75) is 45.1 Å². The van der Waals surface area contributed by atoms with Crippen molar-refractivity contribution in [2.24, 2.45) is 13.0 Å². The van der Waals surface area contributed by atoms with Crippen LogP contribution in [-0.2, 0) is 19.9 Å². The number of aryl methyl sites for hydroxylation is 2. The highest BCUT2D eigenvalue weighted by Gasteiger charge is 2.27. The molecule has 0 amide bonds. The van der Waals surface area contributed by atoms with Crippen LogP contribution < -0.4 is 5.32 Å². The fraction of sp³-hybridized carbons (Fsp3) is 0.562. The minimum atomic E-state index is 0.392. The first-order valence-corrected chi connectivity index (χ1v) is 8.42. The molecular weight excluding hydrogens is 306 g/mol. The van der Waals surface area contributed by atoms with E-state index in [4.69, 9.17) is 4.42 Å². The maximum Gasteiger partial charge on any atom is 0.216 e. The predicted molar refractivity (Wildman–Crippen MR) is 88.4 cm³/mol. The molecule has 1 fully saturated rings. The number of aromatic nitrogens is 6. The summed E-state index contributed by atoms with van der Waals surface area (Å²) in [6.45, 7) is 2.02. The van der Waals surface area contributed by atoms with E-state index in [-0.39, 0.29) is 0 Å². The van der Waals surface area contributed by atoms with E-state index in [9.17, 15) is 0 Å². The molecule has 1 N–H and O–H groups in total. The Hall–Kier alpha value is -2.51. The first-order valence-electron chi connectivity index (χ1n) is 8.42. The van der Waals surface area contributed by atoms with Gasteiger partial charge in [0.25, 0.3) is 0 Å². The summed E-state index contributed by atoms with van der Waals surface area (Å²) in [7, 11) is 1.94. The van der Waals surface area contributed by atoms with Crippen LogP contribution in [0.2, 0.25) is 0 Å². The lowest BCUT2D eigenvalue weighted by atomic mass is 10.0. The molecule has 0 aromatic carbocycles. The van der Waals surface area contributed by atoms with Crippen molar-refractivity contribution in [3.63, 3.8) is 0 Å². The molecule has 0 saturated heterocycles. The van der Waals surface area contributed by atoms with Crippen LogP contribution >= 0.6 is 0 Å². The van der Waals surface area contributed by atoms with Crippen molar-refractivity contribution >= 4 is 17.0 Å². The van der Waals surface area contributed by atoms with Gasteiger partial charge in [-0.3, -0.25) is 0 Å². The van der Waals surface area contributed by atoms with E-state index >= 15 is 0 Å². The molecule has 126 valence electrons. The molecule has 1 saturated carbocycles. The Balaban J connectivity index is 1.41. The Morgan fingerprint density at radius 1 is 1.21 bits per heavy atom. The van der Waals surface area contributed by atoms with Gasteiger partial charge in [0.2, 0.25) is 11.8 Å². The molecule has 3 heterocycles. The second-order valence-electron chi connectivity index (χ2n) is 6.42. The molecule has 3 aromatic rings. The van der Waals surface area contributed by atoms with Gasteiger partial charge < -0.3 is 14.3 Å². The lowest BCUT2D eigenvalue weighted by Gasteiger charge is -2.13. The molecule has 1 aliphatic carbocycles. The van der Waals surface area contributed by atoms with Gasteiger partial charge in [-0.25, -0.2) is 15.0 Å². The summed E-state index contributed by atoms with van der Waals surface area (Å²) in [5, 5.41) is 11.7. The standard InChI is InChI=1S/C16H21N7O/c1-3-12-21-22-13(24-12)7-10-4-5-11(6-10)20-15-14-16(18-8-17-15)23(2)9-19-14/h8-11H,3-7H2,1-2H3,(H,17,18,20)/t10-,11+/m1/s1. The summed E-state index contributed by atoms with van der Waals surface area (Å²) < 4.78 is 7.54. The van der Waals surface area contributed by atoms with Gasteiger partial charge in [0.05, 0.1) is 6.33 Å². The molecule has 0 unspecified atom stereocenters. The molecule has 8 heteroatoms. The van der Waals surface area contributed by atoms with Crippen LogP contribution in [0, 0.1) is 5.92 Å². The van der Waals surface area contributed by atoms with Crippen molar-refractivity contribution in [1.29, 1.82) is 0 Å². The van der Waals surface area contributed by atoms with E-state index in [1.165, 1.54) is 0 Å². The van der Waals surface area contributed by atoms with E-state index < -0.39 is 0 Å². The van der Waals surface area contributed by atoms with Gasteiger partial charge in [-0.15, -0.1) is 10.2 Å². The molecular formula is C16H21N7O. The van der Waals surface area contributed by atoms with Crippen molar-refractivity contribution < 1.29 is 4.42 Å². The third-order valence-corrected chi connectivity index (χ3v) is 4.65. The fourth-order valence-corrected chi connectivity index (χ4v) is 3.40. The normalized spacial score (nSPS) is 20.8. The van der Waals surface area contributed by atoms with Gasteiger partial charge in [-0.2, -0.15) is 0 Å². The van der Waals surface area contributed by atoms with Crippen molar-refractivity contribution in [1.82, 2.24) is 29.7 Å². The van der Waals surface area contributed by atoms with Crippen LogP contribution in [0.25, 0.3) is 11.2 Å². The molecule has 1 aliphatic rings. The predicted octanol–water partition coefficient (Wildman–Crippen LogP) is 2.13. The van der Waals surface area contributed by atoms with Crippen LogP contribution in [0.1, 0.15) is 38.0 Å². The summed E-state index contributed by atoms with van der Waals surface area (Å²) in [5.41, 5.74) is 1.67. The van der Waals surface area contributed by atoms with Crippen molar-refractivity contribution in [3.05, 3.63) is 24.4 Å². The number of nitrogens with zero attached hydrogens (tertiary/aromatic N) is 6. The third-order valence-electron chi connectivity index (χ3n) is 4.65. The van der Waals surface area contributed by atoms with Gasteiger partial charge >= 0.3 is 0 Å². The highest BCUT2D eigenvalue weighted by molar-refractivity contribution is 5.82. The van der Waals surface area contributed by atoms with E-state index in [0.717, 1.165) is 60.9 Å². The number of hydrogen-bond acceptors (Lipinski definition) is 7. The first kappa shape index (κ1) is 15.0. The van der Waals surface area contributed by atoms with Crippen LogP contribution in [0.5, 0.6) is 0 Å². The molecule has 8 nitrogen and oxygen atoms in total. The Morgan fingerprint density at radius 2 is 2.08 bits per heavy atom.